The molecular formula is C18H36O4. The Morgan fingerprint density at radius 2 is 1.41 bits per heavy atom. The quantitative estimate of drug-likeness (QED) is 0.253. The molecule has 22 heavy (non-hydrogen) atoms. The Bertz CT molecular complexity index is 243. The lowest BCUT2D eigenvalue weighted by Crippen LogP contribution is -2.17. The first-order valence-corrected chi connectivity index (χ1v) is 9.19. The number of hydrogen-bond donors (Lipinski definition) is 2. The third-order valence-electron chi connectivity index (χ3n) is 3.86. The van der Waals surface area contributed by atoms with E-state index in [9.17, 15) is 9.90 Å². The highest BCUT2D eigenvalue weighted by Gasteiger charge is 2.10. The van der Waals surface area contributed by atoms with Crippen molar-refractivity contribution in [2.45, 2.75) is 103 Å². The highest BCUT2D eigenvalue weighted by molar-refractivity contribution is 5.69. The summed E-state index contributed by atoms with van der Waals surface area (Å²) < 4.78 is 4.96. The lowest BCUT2D eigenvalue weighted by Gasteiger charge is -2.11. The normalized spacial score (nSPS) is 12.3. The summed E-state index contributed by atoms with van der Waals surface area (Å²) >= 11 is 0. The van der Waals surface area contributed by atoms with Crippen molar-refractivity contribution in [2.24, 2.45) is 0 Å². The second-order valence-corrected chi connectivity index (χ2v) is 6.10. The molecule has 1 atom stereocenters. The standard InChI is InChI=1S/C18H36O4/c1-2-3-4-5-6-7-8-9-11-14-17(20)22-18(21)15-12-10-13-16-19/h18-19,21H,2-16H2,1H3. The smallest absolute Gasteiger partial charge is 0.308 e. The van der Waals surface area contributed by atoms with Crippen LogP contribution in [0.4, 0.5) is 0 Å². The Labute approximate surface area is 136 Å². The van der Waals surface area contributed by atoms with Gasteiger partial charge < -0.3 is 14.9 Å². The Hall–Kier alpha value is -0.610. The number of aliphatic hydroxyl groups excluding tert-OH is 2. The summed E-state index contributed by atoms with van der Waals surface area (Å²) in [7, 11) is 0. The fraction of sp³-hybridized carbons (Fsp3) is 0.944. The lowest BCUT2D eigenvalue weighted by atomic mass is 10.1. The number of carbonyl (C=O) groups excluding carboxylic acids is 1. The number of rotatable bonds is 16. The largest absolute Gasteiger partial charge is 0.436 e. The van der Waals surface area contributed by atoms with Gasteiger partial charge in [-0.15, -0.1) is 0 Å². The van der Waals surface area contributed by atoms with Crippen LogP contribution < -0.4 is 0 Å². The maximum Gasteiger partial charge on any atom is 0.308 e. The van der Waals surface area contributed by atoms with Gasteiger partial charge >= 0.3 is 5.97 Å². The van der Waals surface area contributed by atoms with E-state index in [2.05, 4.69) is 6.92 Å². The summed E-state index contributed by atoms with van der Waals surface area (Å²) in [6.07, 6.45) is 13.2. The average molecular weight is 316 g/mol. The summed E-state index contributed by atoms with van der Waals surface area (Å²) in [5.41, 5.74) is 0. The third kappa shape index (κ3) is 15.8. The van der Waals surface area contributed by atoms with Crippen molar-refractivity contribution in [3.8, 4) is 0 Å². The predicted molar refractivity (Wildman–Crippen MR) is 89.5 cm³/mol. The van der Waals surface area contributed by atoms with Gasteiger partial charge in [0.25, 0.3) is 0 Å². The van der Waals surface area contributed by atoms with Crippen LogP contribution in [0.25, 0.3) is 0 Å². The highest BCUT2D eigenvalue weighted by Crippen LogP contribution is 2.11. The zero-order chi connectivity index (χ0) is 16.5. The molecule has 4 nitrogen and oxygen atoms in total. The van der Waals surface area contributed by atoms with Crippen molar-refractivity contribution in [1.29, 1.82) is 0 Å². The summed E-state index contributed by atoms with van der Waals surface area (Å²) in [5.74, 6) is -0.294. The minimum Gasteiger partial charge on any atom is -0.436 e. The number of esters is 1. The van der Waals surface area contributed by atoms with E-state index in [0.29, 0.717) is 12.8 Å². The molecule has 0 spiro atoms. The number of aliphatic hydroxyl groups is 2. The Kier molecular flexibility index (Phi) is 16.3. The molecule has 0 aromatic carbocycles. The van der Waals surface area contributed by atoms with Crippen LogP contribution in [-0.4, -0.2) is 29.1 Å². The van der Waals surface area contributed by atoms with Crippen molar-refractivity contribution < 1.29 is 19.7 Å². The van der Waals surface area contributed by atoms with E-state index in [4.69, 9.17) is 9.84 Å². The molecule has 4 heteroatoms. The van der Waals surface area contributed by atoms with Crippen molar-refractivity contribution in [3.63, 3.8) is 0 Å². The first-order valence-electron chi connectivity index (χ1n) is 9.19. The third-order valence-corrected chi connectivity index (χ3v) is 3.86. The number of ether oxygens (including phenoxy) is 1. The SMILES string of the molecule is CCCCCCCCCCCC(=O)OC(O)CCCCCO. The predicted octanol–water partition coefficient (Wildman–Crippen LogP) is 4.32. The van der Waals surface area contributed by atoms with Crippen LogP contribution in [0.3, 0.4) is 0 Å². The van der Waals surface area contributed by atoms with Crippen molar-refractivity contribution in [1.82, 2.24) is 0 Å². The maximum atomic E-state index is 11.5. The van der Waals surface area contributed by atoms with Gasteiger partial charge in [0.05, 0.1) is 0 Å². The molecule has 0 saturated carbocycles. The number of unbranched alkanes of at least 4 members (excludes halogenated alkanes) is 10. The number of carbonyl (C=O) groups is 1. The van der Waals surface area contributed by atoms with E-state index in [-0.39, 0.29) is 12.6 Å². The Morgan fingerprint density at radius 1 is 0.864 bits per heavy atom. The van der Waals surface area contributed by atoms with Crippen LogP contribution in [-0.2, 0) is 9.53 Å². The topological polar surface area (TPSA) is 66.8 Å². The fourth-order valence-electron chi connectivity index (χ4n) is 2.46. The van der Waals surface area contributed by atoms with Gasteiger partial charge in [0.1, 0.15) is 0 Å². The molecule has 2 N–H and O–H groups in total. The minimum absolute atomic E-state index is 0.175. The molecule has 0 aliphatic heterocycles. The molecular weight excluding hydrogens is 280 g/mol. The summed E-state index contributed by atoms with van der Waals surface area (Å²) in [6, 6.07) is 0. The minimum atomic E-state index is -0.982. The molecule has 0 fully saturated rings. The molecule has 0 aromatic rings. The maximum absolute atomic E-state index is 11.5. The van der Waals surface area contributed by atoms with E-state index >= 15 is 0 Å². The fourth-order valence-corrected chi connectivity index (χ4v) is 2.46. The van der Waals surface area contributed by atoms with Crippen LogP contribution >= 0.6 is 0 Å². The molecule has 132 valence electrons. The van der Waals surface area contributed by atoms with Crippen molar-refractivity contribution >= 4 is 5.97 Å². The van der Waals surface area contributed by atoms with Crippen molar-refractivity contribution in [2.75, 3.05) is 6.61 Å². The monoisotopic (exact) mass is 316 g/mol. The molecule has 0 bridgehead atoms. The van der Waals surface area contributed by atoms with Gasteiger partial charge in [-0.25, -0.2) is 0 Å². The molecule has 0 saturated heterocycles. The summed E-state index contributed by atoms with van der Waals surface area (Å²) in [6.45, 7) is 2.40. The molecule has 0 aliphatic carbocycles. The molecule has 0 heterocycles. The van der Waals surface area contributed by atoms with Crippen LogP contribution in [0.1, 0.15) is 96.8 Å². The van der Waals surface area contributed by atoms with E-state index < -0.39 is 6.29 Å². The first kappa shape index (κ1) is 21.4. The molecule has 0 amide bonds. The van der Waals surface area contributed by atoms with Crippen LogP contribution in [0.5, 0.6) is 0 Å². The van der Waals surface area contributed by atoms with Gasteiger partial charge in [-0.3, -0.25) is 4.79 Å². The van der Waals surface area contributed by atoms with Gasteiger partial charge in [0.15, 0.2) is 0 Å². The summed E-state index contributed by atoms with van der Waals surface area (Å²) in [5, 5.41) is 18.2. The Morgan fingerprint density at radius 3 is 2.00 bits per heavy atom. The van der Waals surface area contributed by atoms with Crippen LogP contribution in [0.2, 0.25) is 0 Å². The van der Waals surface area contributed by atoms with Gasteiger partial charge in [-0.05, 0) is 19.3 Å². The Balaban J connectivity index is 3.31. The van der Waals surface area contributed by atoms with E-state index in [1.165, 1.54) is 44.9 Å². The molecule has 0 radical (unpaired) electrons. The highest BCUT2D eigenvalue weighted by atomic mass is 16.6. The zero-order valence-electron chi connectivity index (χ0n) is 14.4. The van der Waals surface area contributed by atoms with Gasteiger partial charge in [-0.1, -0.05) is 64.7 Å². The number of hydrogen-bond acceptors (Lipinski definition) is 4. The average Bonchev–Trinajstić information content (AvgIpc) is 2.50. The van der Waals surface area contributed by atoms with Gasteiger partial charge in [-0.2, -0.15) is 0 Å². The molecule has 0 aromatic heterocycles. The van der Waals surface area contributed by atoms with Gasteiger partial charge in [0, 0.05) is 19.4 Å². The molecule has 0 aliphatic rings. The van der Waals surface area contributed by atoms with Gasteiger partial charge in [0.2, 0.25) is 6.29 Å². The van der Waals surface area contributed by atoms with E-state index in [1.54, 1.807) is 0 Å². The van der Waals surface area contributed by atoms with Crippen LogP contribution in [0.15, 0.2) is 0 Å². The summed E-state index contributed by atoms with van der Waals surface area (Å²) in [4.78, 5) is 11.5. The molecule has 1 unspecified atom stereocenters. The van der Waals surface area contributed by atoms with E-state index in [1.807, 2.05) is 0 Å². The second kappa shape index (κ2) is 16.8. The van der Waals surface area contributed by atoms with Crippen molar-refractivity contribution in [3.05, 3.63) is 0 Å². The van der Waals surface area contributed by atoms with E-state index in [0.717, 1.165) is 32.1 Å². The molecule has 0 rings (SSSR count). The lowest BCUT2D eigenvalue weighted by molar-refractivity contribution is -0.168. The zero-order valence-corrected chi connectivity index (χ0v) is 14.4. The van der Waals surface area contributed by atoms with Crippen LogP contribution in [0, 0.1) is 0 Å². The first-order chi connectivity index (χ1) is 10.7. The second-order valence-electron chi connectivity index (χ2n) is 6.10.